The highest BCUT2D eigenvalue weighted by Crippen LogP contribution is 2.17. The van der Waals surface area contributed by atoms with Crippen LogP contribution in [0.25, 0.3) is 0 Å². The summed E-state index contributed by atoms with van der Waals surface area (Å²) in [6, 6.07) is 0. The molecular formula is C7H15NO2S3. The van der Waals surface area contributed by atoms with Crippen molar-refractivity contribution in [3.63, 3.8) is 0 Å². The van der Waals surface area contributed by atoms with Crippen LogP contribution >= 0.6 is 24.4 Å². The van der Waals surface area contributed by atoms with E-state index in [1.54, 1.807) is 23.0 Å². The first kappa shape index (κ1) is 11.7. The molecule has 0 spiro atoms. The van der Waals surface area contributed by atoms with E-state index in [0.29, 0.717) is 13.1 Å². The molecule has 0 N–H and O–H groups in total. The molecule has 0 aliphatic carbocycles. The third-order valence-corrected chi connectivity index (χ3v) is 5.52. The maximum Gasteiger partial charge on any atom is 0.213 e. The van der Waals surface area contributed by atoms with E-state index in [2.05, 4.69) is 12.6 Å². The van der Waals surface area contributed by atoms with Gasteiger partial charge in [-0.15, -0.1) is 0 Å². The monoisotopic (exact) mass is 241 g/mol. The van der Waals surface area contributed by atoms with Gasteiger partial charge in [-0.1, -0.05) is 0 Å². The van der Waals surface area contributed by atoms with Crippen LogP contribution in [-0.2, 0) is 10.0 Å². The van der Waals surface area contributed by atoms with Crippen LogP contribution in [-0.4, -0.2) is 48.3 Å². The number of hydrogen-bond acceptors (Lipinski definition) is 4. The molecule has 1 aliphatic heterocycles. The standard InChI is InChI=1S/C7H15NO2S3/c1-2-13(9,10)8-3-4-12-6-7(11)5-8/h7,11H,2-6H2,1H3. The van der Waals surface area contributed by atoms with Gasteiger partial charge in [-0.25, -0.2) is 8.42 Å². The maximum absolute atomic E-state index is 11.5. The smallest absolute Gasteiger partial charge is 0.212 e. The van der Waals surface area contributed by atoms with Crippen molar-refractivity contribution < 1.29 is 8.42 Å². The Morgan fingerprint density at radius 3 is 2.92 bits per heavy atom. The molecule has 1 rings (SSSR count). The van der Waals surface area contributed by atoms with E-state index >= 15 is 0 Å². The topological polar surface area (TPSA) is 37.4 Å². The second-order valence-corrected chi connectivity index (χ2v) is 7.13. The molecule has 0 aromatic rings. The zero-order chi connectivity index (χ0) is 9.90. The number of hydrogen-bond donors (Lipinski definition) is 1. The van der Waals surface area contributed by atoms with Crippen LogP contribution in [0.4, 0.5) is 0 Å². The Hall–Kier alpha value is 0.610. The van der Waals surface area contributed by atoms with Gasteiger partial charge in [0.2, 0.25) is 10.0 Å². The van der Waals surface area contributed by atoms with Gasteiger partial charge in [-0.05, 0) is 6.92 Å². The van der Waals surface area contributed by atoms with Gasteiger partial charge < -0.3 is 0 Å². The highest BCUT2D eigenvalue weighted by atomic mass is 32.2. The minimum Gasteiger partial charge on any atom is -0.212 e. The van der Waals surface area contributed by atoms with Crippen LogP contribution in [0, 0.1) is 0 Å². The predicted molar refractivity (Wildman–Crippen MR) is 61.1 cm³/mol. The summed E-state index contributed by atoms with van der Waals surface area (Å²) in [5, 5.41) is 0.175. The molecule has 1 saturated heterocycles. The van der Waals surface area contributed by atoms with Crippen LogP contribution < -0.4 is 0 Å². The van der Waals surface area contributed by atoms with E-state index in [9.17, 15) is 8.42 Å². The van der Waals surface area contributed by atoms with Gasteiger partial charge in [0.15, 0.2) is 0 Å². The summed E-state index contributed by atoms with van der Waals surface area (Å²) >= 11 is 6.10. The Balaban J connectivity index is 2.68. The van der Waals surface area contributed by atoms with Crippen molar-refractivity contribution in [3.8, 4) is 0 Å². The van der Waals surface area contributed by atoms with Crippen LogP contribution in [0.3, 0.4) is 0 Å². The van der Waals surface area contributed by atoms with Gasteiger partial charge in [-0.3, -0.25) is 0 Å². The Labute approximate surface area is 89.7 Å². The molecule has 6 heteroatoms. The SMILES string of the molecule is CCS(=O)(=O)N1CCSCC(S)C1. The molecule has 13 heavy (non-hydrogen) atoms. The number of thioether (sulfide) groups is 1. The van der Waals surface area contributed by atoms with Crippen molar-refractivity contribution >= 4 is 34.4 Å². The fraction of sp³-hybridized carbons (Fsp3) is 1.00. The van der Waals surface area contributed by atoms with E-state index in [0.717, 1.165) is 11.5 Å². The molecule has 1 unspecified atom stereocenters. The Morgan fingerprint density at radius 1 is 1.62 bits per heavy atom. The van der Waals surface area contributed by atoms with E-state index in [-0.39, 0.29) is 11.0 Å². The molecule has 1 aliphatic rings. The normalized spacial score (nSPS) is 27.1. The zero-order valence-corrected chi connectivity index (χ0v) is 10.2. The molecule has 1 atom stereocenters. The lowest BCUT2D eigenvalue weighted by atomic mass is 10.4. The molecular weight excluding hydrogens is 226 g/mol. The number of thiol groups is 1. The van der Waals surface area contributed by atoms with Gasteiger partial charge in [0, 0.05) is 29.8 Å². The first-order valence-corrected chi connectivity index (χ1v) is 7.58. The van der Waals surface area contributed by atoms with E-state index in [1.165, 1.54) is 0 Å². The Kier molecular flexibility index (Phi) is 4.41. The van der Waals surface area contributed by atoms with E-state index in [4.69, 9.17) is 0 Å². The summed E-state index contributed by atoms with van der Waals surface area (Å²) in [5.74, 6) is 2.02. The van der Waals surface area contributed by atoms with Crippen molar-refractivity contribution in [3.05, 3.63) is 0 Å². The van der Waals surface area contributed by atoms with Crippen LogP contribution in [0.1, 0.15) is 6.92 Å². The number of sulfonamides is 1. The summed E-state index contributed by atoms with van der Waals surface area (Å²) in [4.78, 5) is 0. The highest BCUT2D eigenvalue weighted by Gasteiger charge is 2.24. The zero-order valence-electron chi connectivity index (χ0n) is 7.64. The molecule has 0 radical (unpaired) electrons. The second-order valence-electron chi connectivity index (χ2n) is 2.99. The Bertz CT molecular complexity index is 252. The van der Waals surface area contributed by atoms with Gasteiger partial charge in [0.1, 0.15) is 0 Å². The largest absolute Gasteiger partial charge is 0.213 e. The quantitative estimate of drug-likeness (QED) is 0.723. The van der Waals surface area contributed by atoms with Crippen LogP contribution in [0.5, 0.6) is 0 Å². The molecule has 0 amide bonds. The summed E-state index contributed by atoms with van der Waals surface area (Å²) in [5.41, 5.74) is 0. The van der Waals surface area contributed by atoms with Crippen molar-refractivity contribution in [1.82, 2.24) is 4.31 Å². The minimum atomic E-state index is -3.01. The fourth-order valence-corrected chi connectivity index (χ4v) is 3.97. The van der Waals surface area contributed by atoms with Crippen LogP contribution in [0.15, 0.2) is 0 Å². The number of rotatable bonds is 2. The molecule has 1 heterocycles. The average molecular weight is 241 g/mol. The lowest BCUT2D eigenvalue weighted by Crippen LogP contribution is -2.37. The van der Waals surface area contributed by atoms with Crippen LogP contribution in [0.2, 0.25) is 0 Å². The first-order chi connectivity index (χ1) is 6.06. The number of nitrogens with zero attached hydrogens (tertiary/aromatic N) is 1. The summed E-state index contributed by atoms with van der Waals surface area (Å²) in [6.07, 6.45) is 0. The third kappa shape index (κ3) is 3.34. The maximum atomic E-state index is 11.5. The fourth-order valence-electron chi connectivity index (χ4n) is 1.20. The summed E-state index contributed by atoms with van der Waals surface area (Å²) in [6.45, 7) is 2.88. The van der Waals surface area contributed by atoms with Gasteiger partial charge in [0.05, 0.1) is 5.75 Å². The van der Waals surface area contributed by atoms with Gasteiger partial charge >= 0.3 is 0 Å². The van der Waals surface area contributed by atoms with Gasteiger partial charge in [-0.2, -0.15) is 28.7 Å². The van der Waals surface area contributed by atoms with Crippen molar-refractivity contribution in [2.24, 2.45) is 0 Å². The Morgan fingerprint density at radius 2 is 2.31 bits per heavy atom. The summed E-state index contributed by atoms with van der Waals surface area (Å²) < 4.78 is 24.6. The molecule has 78 valence electrons. The first-order valence-electron chi connectivity index (χ1n) is 4.30. The van der Waals surface area contributed by atoms with Crippen molar-refractivity contribution in [2.45, 2.75) is 12.2 Å². The second kappa shape index (κ2) is 4.91. The van der Waals surface area contributed by atoms with Crippen molar-refractivity contribution in [2.75, 3.05) is 30.3 Å². The molecule has 1 fully saturated rings. The van der Waals surface area contributed by atoms with E-state index < -0.39 is 10.0 Å². The van der Waals surface area contributed by atoms with E-state index in [1.807, 2.05) is 0 Å². The molecule has 0 aromatic carbocycles. The summed E-state index contributed by atoms with van der Waals surface area (Å²) in [7, 11) is -3.01. The van der Waals surface area contributed by atoms with Gasteiger partial charge in [0.25, 0.3) is 0 Å². The lowest BCUT2D eigenvalue weighted by molar-refractivity contribution is 0.440. The molecule has 0 saturated carbocycles. The minimum absolute atomic E-state index is 0.175. The third-order valence-electron chi connectivity index (χ3n) is 1.97. The lowest BCUT2D eigenvalue weighted by Gasteiger charge is -2.20. The average Bonchev–Trinajstić information content (AvgIpc) is 2.30. The molecule has 3 nitrogen and oxygen atoms in total. The molecule has 0 aromatic heterocycles. The predicted octanol–water partition coefficient (Wildman–Crippen LogP) is 0.683. The van der Waals surface area contributed by atoms with Crippen molar-refractivity contribution in [1.29, 1.82) is 0 Å². The highest BCUT2D eigenvalue weighted by molar-refractivity contribution is 8.00. The molecule has 0 bridgehead atoms.